The number of aliphatic hydroxyl groups excluding tert-OH is 2. The minimum absolute atomic E-state index is 0.0364. The number of hydrogen-bond acceptors (Lipinski definition) is 7. The maximum atomic E-state index is 13.3. The first-order valence-corrected chi connectivity index (χ1v) is 14.3. The molecule has 4 N–H and O–H groups in total. The van der Waals surface area contributed by atoms with E-state index in [0.29, 0.717) is 31.4 Å². The Kier molecular flexibility index (Phi) is 10.6. The number of carbonyl (C=O) groups excluding carboxylic acids is 3. The maximum absolute atomic E-state index is 13.3. The van der Waals surface area contributed by atoms with Gasteiger partial charge in [0.25, 0.3) is 0 Å². The van der Waals surface area contributed by atoms with Gasteiger partial charge in [-0.1, -0.05) is 60.7 Å². The molecule has 1 aliphatic carbocycles. The third-order valence-electron chi connectivity index (χ3n) is 8.04. The molecule has 1 aliphatic rings. The Hall–Kier alpha value is -3.65. The van der Waals surface area contributed by atoms with E-state index in [1.165, 1.54) is 12.5 Å². The lowest BCUT2D eigenvalue weighted by molar-refractivity contribution is -0.131. The molecule has 0 saturated carbocycles. The number of nitrogens with one attached hydrogen (secondary N) is 1. The number of benzene rings is 3. The molecule has 3 atom stereocenters. The molecule has 0 spiro atoms. The zero-order valence-electron chi connectivity index (χ0n) is 23.5. The van der Waals surface area contributed by atoms with Crippen molar-refractivity contribution in [3.8, 4) is 16.9 Å². The first-order chi connectivity index (χ1) is 19.8. The van der Waals surface area contributed by atoms with Crippen LogP contribution in [0.25, 0.3) is 11.1 Å². The second-order valence-electron chi connectivity index (χ2n) is 11.1. The molecule has 7 heteroatoms. The van der Waals surface area contributed by atoms with Crippen molar-refractivity contribution in [2.75, 3.05) is 13.2 Å². The van der Waals surface area contributed by atoms with Crippen LogP contribution in [-0.2, 0) is 29.1 Å². The molecule has 4 rings (SSSR count). The predicted molar refractivity (Wildman–Crippen MR) is 157 cm³/mol. The van der Waals surface area contributed by atoms with E-state index in [1.807, 2.05) is 36.4 Å². The highest BCUT2D eigenvalue weighted by molar-refractivity contribution is 6.03. The highest BCUT2D eigenvalue weighted by atomic mass is 16.3. The lowest BCUT2D eigenvalue weighted by Gasteiger charge is -2.31. The molecule has 0 aromatic heterocycles. The van der Waals surface area contributed by atoms with E-state index in [2.05, 4.69) is 29.6 Å². The summed E-state index contributed by atoms with van der Waals surface area (Å²) in [7, 11) is 0. The van der Waals surface area contributed by atoms with Crippen LogP contribution in [0.5, 0.6) is 5.75 Å². The normalized spacial score (nSPS) is 16.2. The van der Waals surface area contributed by atoms with Crippen molar-refractivity contribution >= 4 is 17.3 Å². The topological polar surface area (TPSA) is 124 Å². The van der Waals surface area contributed by atoms with Gasteiger partial charge in [0.1, 0.15) is 17.3 Å². The Balaban J connectivity index is 1.52. The van der Waals surface area contributed by atoms with Crippen LogP contribution in [0.2, 0.25) is 0 Å². The molecule has 0 saturated heterocycles. The molecule has 0 fully saturated rings. The van der Waals surface area contributed by atoms with Crippen LogP contribution >= 0.6 is 0 Å². The third-order valence-corrected chi connectivity index (χ3v) is 8.04. The van der Waals surface area contributed by atoms with Gasteiger partial charge < -0.3 is 20.6 Å². The van der Waals surface area contributed by atoms with Gasteiger partial charge in [-0.2, -0.15) is 0 Å². The van der Waals surface area contributed by atoms with Gasteiger partial charge in [0, 0.05) is 32.0 Å². The van der Waals surface area contributed by atoms with Crippen molar-refractivity contribution in [1.82, 2.24) is 5.32 Å². The predicted octanol–water partition coefficient (Wildman–Crippen LogP) is 4.64. The van der Waals surface area contributed by atoms with Gasteiger partial charge in [0.15, 0.2) is 5.78 Å². The summed E-state index contributed by atoms with van der Waals surface area (Å²) in [6.45, 7) is 2.25. The number of Topliss-reactive ketones (excluding diaryl/α,β-unsaturated/α-hetero) is 3. The highest BCUT2D eigenvalue weighted by Crippen LogP contribution is 2.41. The zero-order chi connectivity index (χ0) is 29.4. The summed E-state index contributed by atoms with van der Waals surface area (Å²) >= 11 is 0. The minimum atomic E-state index is -0.769. The number of aliphatic hydroxyl groups is 2. The van der Waals surface area contributed by atoms with Gasteiger partial charge in [-0.25, -0.2) is 0 Å². The third kappa shape index (κ3) is 7.76. The molecule has 41 heavy (non-hydrogen) atoms. The van der Waals surface area contributed by atoms with Crippen LogP contribution in [-0.4, -0.2) is 45.9 Å². The van der Waals surface area contributed by atoms with E-state index in [0.717, 1.165) is 28.8 Å². The standard InChI is InChI=1S/C34H39NO6/c1-22(38)15-32(40)30(21-37)27(13-14-36)16-25-17-29-28(11-12-31(39)34(29)33(41)18-25)26-9-7-24(8-10-26)20-35-19-23-5-3-2-4-6-23/h2-12,25,27,30,35-37,39H,13-21H2,1H3. The summed E-state index contributed by atoms with van der Waals surface area (Å²) in [5.41, 5.74) is 5.29. The Bertz CT molecular complexity index is 1350. The summed E-state index contributed by atoms with van der Waals surface area (Å²) in [6.07, 6.45) is 1.21. The quantitative estimate of drug-likeness (QED) is 0.213. The van der Waals surface area contributed by atoms with Crippen molar-refractivity contribution in [3.63, 3.8) is 0 Å². The Morgan fingerprint density at radius 2 is 1.61 bits per heavy atom. The van der Waals surface area contributed by atoms with Gasteiger partial charge in [-0.3, -0.25) is 14.4 Å². The summed E-state index contributed by atoms with van der Waals surface area (Å²) in [4.78, 5) is 37.5. The molecular weight excluding hydrogens is 518 g/mol. The summed E-state index contributed by atoms with van der Waals surface area (Å²) < 4.78 is 0. The number of ketones is 3. The number of fused-ring (bicyclic) bond motifs is 1. The van der Waals surface area contributed by atoms with Crippen molar-refractivity contribution in [3.05, 3.63) is 89.0 Å². The van der Waals surface area contributed by atoms with E-state index >= 15 is 0 Å². The lowest BCUT2D eigenvalue weighted by atomic mass is 9.72. The van der Waals surface area contributed by atoms with E-state index in [9.17, 15) is 29.7 Å². The van der Waals surface area contributed by atoms with Crippen LogP contribution in [0, 0.1) is 17.8 Å². The number of aromatic hydroxyl groups is 1. The molecule has 7 nitrogen and oxygen atoms in total. The van der Waals surface area contributed by atoms with E-state index in [4.69, 9.17) is 0 Å². The molecule has 0 bridgehead atoms. The van der Waals surface area contributed by atoms with Crippen molar-refractivity contribution in [2.24, 2.45) is 17.8 Å². The molecule has 3 unspecified atom stereocenters. The minimum Gasteiger partial charge on any atom is -0.507 e. The monoisotopic (exact) mass is 557 g/mol. The van der Waals surface area contributed by atoms with Gasteiger partial charge in [-0.15, -0.1) is 0 Å². The van der Waals surface area contributed by atoms with Crippen LogP contribution in [0.15, 0.2) is 66.7 Å². The lowest BCUT2D eigenvalue weighted by Crippen LogP contribution is -2.32. The number of phenols is 1. The van der Waals surface area contributed by atoms with Gasteiger partial charge >= 0.3 is 0 Å². The Labute approximate surface area is 241 Å². The molecule has 3 aromatic rings. The molecule has 3 aromatic carbocycles. The first-order valence-electron chi connectivity index (χ1n) is 14.3. The summed E-state index contributed by atoms with van der Waals surface area (Å²) in [5.74, 6) is -2.06. The zero-order valence-corrected chi connectivity index (χ0v) is 23.5. The average Bonchev–Trinajstić information content (AvgIpc) is 2.94. The maximum Gasteiger partial charge on any atom is 0.167 e. The number of phenolic OH excluding ortho intramolecular Hbond substituents is 1. The van der Waals surface area contributed by atoms with Crippen LogP contribution in [0.3, 0.4) is 0 Å². The van der Waals surface area contributed by atoms with Crippen LogP contribution in [0.4, 0.5) is 0 Å². The SMILES string of the molecule is CC(=O)CC(=O)C(CO)C(CCO)CC1CC(=O)c2c(O)ccc(-c3ccc(CNCc4ccccc4)cc3)c2C1. The Morgan fingerprint density at radius 3 is 2.24 bits per heavy atom. The van der Waals surface area contributed by atoms with Gasteiger partial charge in [-0.05, 0) is 71.9 Å². The highest BCUT2D eigenvalue weighted by Gasteiger charge is 2.35. The second-order valence-corrected chi connectivity index (χ2v) is 11.1. The molecule has 0 heterocycles. The molecule has 0 amide bonds. The fourth-order valence-electron chi connectivity index (χ4n) is 6.04. The number of rotatable bonds is 14. The van der Waals surface area contributed by atoms with Gasteiger partial charge in [0.2, 0.25) is 0 Å². The van der Waals surface area contributed by atoms with E-state index < -0.39 is 12.5 Å². The number of hydrogen-bond donors (Lipinski definition) is 4. The van der Waals surface area contributed by atoms with Crippen molar-refractivity contribution in [1.29, 1.82) is 0 Å². The van der Waals surface area contributed by atoms with Crippen LogP contribution in [0.1, 0.15) is 59.7 Å². The molecular formula is C34H39NO6. The van der Waals surface area contributed by atoms with Crippen molar-refractivity contribution in [2.45, 2.75) is 52.1 Å². The largest absolute Gasteiger partial charge is 0.507 e. The molecule has 216 valence electrons. The Morgan fingerprint density at radius 1 is 0.927 bits per heavy atom. The average molecular weight is 558 g/mol. The smallest absolute Gasteiger partial charge is 0.167 e. The van der Waals surface area contributed by atoms with Crippen LogP contribution < -0.4 is 5.32 Å². The summed E-state index contributed by atoms with van der Waals surface area (Å²) in [6, 6.07) is 21.8. The fraction of sp³-hybridized carbons (Fsp3) is 0.382. The summed E-state index contributed by atoms with van der Waals surface area (Å²) in [5, 5.41) is 33.7. The van der Waals surface area contributed by atoms with Crippen molar-refractivity contribution < 1.29 is 29.7 Å². The molecule has 0 aliphatic heterocycles. The second kappa shape index (κ2) is 14.3. The van der Waals surface area contributed by atoms with E-state index in [-0.39, 0.29) is 54.4 Å². The first kappa shape index (κ1) is 30.3. The van der Waals surface area contributed by atoms with Gasteiger partial charge in [0.05, 0.1) is 18.6 Å². The molecule has 0 radical (unpaired) electrons. The number of carbonyl (C=O) groups is 3. The fourth-order valence-corrected chi connectivity index (χ4v) is 6.04. The van der Waals surface area contributed by atoms with E-state index in [1.54, 1.807) is 6.07 Å².